The third-order valence-corrected chi connectivity index (χ3v) is 4.78. The van der Waals surface area contributed by atoms with Crippen molar-refractivity contribution in [2.24, 2.45) is 0 Å². The molecule has 0 aromatic carbocycles. The minimum absolute atomic E-state index is 0.521. The van der Waals surface area contributed by atoms with Gasteiger partial charge in [0.05, 0.1) is 10.7 Å². The summed E-state index contributed by atoms with van der Waals surface area (Å²) in [5, 5.41) is 3.42. The van der Waals surface area contributed by atoms with Gasteiger partial charge in [0.1, 0.15) is 5.82 Å². The van der Waals surface area contributed by atoms with Gasteiger partial charge in [0.15, 0.2) is 0 Å². The second-order valence-corrected chi connectivity index (χ2v) is 6.57. The van der Waals surface area contributed by atoms with E-state index in [1.807, 2.05) is 13.1 Å². The molecule has 0 fully saturated rings. The van der Waals surface area contributed by atoms with Gasteiger partial charge in [-0.1, -0.05) is 13.8 Å². The Morgan fingerprint density at radius 3 is 2.95 bits per heavy atom. The van der Waals surface area contributed by atoms with Crippen LogP contribution in [0.25, 0.3) is 0 Å². The maximum atomic E-state index is 4.72. The van der Waals surface area contributed by atoms with Crippen LogP contribution in [0.1, 0.15) is 47.5 Å². The minimum Gasteiger partial charge on any atom is -0.293 e. The van der Waals surface area contributed by atoms with Crippen molar-refractivity contribution >= 4 is 11.3 Å². The van der Waals surface area contributed by atoms with Gasteiger partial charge in [-0.3, -0.25) is 4.90 Å². The molecule has 5 heteroatoms. The molecule has 0 aliphatic carbocycles. The van der Waals surface area contributed by atoms with E-state index in [-0.39, 0.29) is 0 Å². The molecule has 2 aromatic heterocycles. The molecule has 0 bridgehead atoms. The summed E-state index contributed by atoms with van der Waals surface area (Å²) in [5.74, 6) is 1.39. The third kappa shape index (κ3) is 2.88. The van der Waals surface area contributed by atoms with Crippen LogP contribution in [0, 0.1) is 6.92 Å². The van der Waals surface area contributed by atoms with E-state index in [4.69, 9.17) is 4.98 Å². The molecule has 0 spiro atoms. The molecule has 0 unspecified atom stereocenters. The summed E-state index contributed by atoms with van der Waals surface area (Å²) < 4.78 is 0. The van der Waals surface area contributed by atoms with E-state index >= 15 is 0 Å². The lowest BCUT2D eigenvalue weighted by Gasteiger charge is -2.27. The van der Waals surface area contributed by atoms with E-state index in [2.05, 4.69) is 34.1 Å². The quantitative estimate of drug-likeness (QED) is 0.871. The summed E-state index contributed by atoms with van der Waals surface area (Å²) in [6.07, 6.45) is 2.99. The molecule has 0 amide bonds. The molecule has 20 heavy (non-hydrogen) atoms. The summed E-state index contributed by atoms with van der Waals surface area (Å²) >= 11 is 1.77. The van der Waals surface area contributed by atoms with Crippen LogP contribution < -0.4 is 0 Å². The Bertz CT molecular complexity index is 606. The highest BCUT2D eigenvalue weighted by Crippen LogP contribution is 2.22. The van der Waals surface area contributed by atoms with Crippen LogP contribution in [0.5, 0.6) is 0 Å². The largest absolute Gasteiger partial charge is 0.293 e. The highest BCUT2D eigenvalue weighted by Gasteiger charge is 2.19. The summed E-state index contributed by atoms with van der Waals surface area (Å²) in [7, 11) is 0. The summed E-state index contributed by atoms with van der Waals surface area (Å²) in [6.45, 7) is 9.26. The van der Waals surface area contributed by atoms with E-state index in [1.54, 1.807) is 11.3 Å². The maximum Gasteiger partial charge on any atom is 0.125 e. The molecule has 4 nitrogen and oxygen atoms in total. The van der Waals surface area contributed by atoms with Crippen molar-refractivity contribution in [2.75, 3.05) is 6.54 Å². The molecular weight excluding hydrogens is 268 g/mol. The first-order valence-electron chi connectivity index (χ1n) is 7.10. The van der Waals surface area contributed by atoms with Crippen LogP contribution in [-0.4, -0.2) is 26.4 Å². The number of nitrogens with zero attached hydrogens (tertiary/aromatic N) is 4. The molecule has 0 atom stereocenters. The van der Waals surface area contributed by atoms with Gasteiger partial charge in [-0.25, -0.2) is 15.0 Å². The molecule has 0 radical (unpaired) electrons. The Morgan fingerprint density at radius 2 is 2.20 bits per heavy atom. The molecule has 1 aliphatic rings. The number of hydrogen-bond donors (Lipinski definition) is 0. The second-order valence-electron chi connectivity index (χ2n) is 5.68. The normalized spacial score (nSPS) is 15.6. The monoisotopic (exact) mass is 288 g/mol. The average Bonchev–Trinajstić information content (AvgIpc) is 2.88. The lowest BCUT2D eigenvalue weighted by Crippen LogP contribution is -2.31. The van der Waals surface area contributed by atoms with Crippen molar-refractivity contribution in [1.82, 2.24) is 19.9 Å². The lowest BCUT2D eigenvalue weighted by molar-refractivity contribution is 0.240. The smallest absolute Gasteiger partial charge is 0.125 e. The van der Waals surface area contributed by atoms with Crippen LogP contribution in [0.3, 0.4) is 0 Å². The van der Waals surface area contributed by atoms with Crippen molar-refractivity contribution in [2.45, 2.75) is 46.2 Å². The van der Waals surface area contributed by atoms with E-state index in [9.17, 15) is 0 Å². The topological polar surface area (TPSA) is 41.9 Å². The van der Waals surface area contributed by atoms with Gasteiger partial charge in [0, 0.05) is 54.8 Å². The zero-order valence-corrected chi connectivity index (χ0v) is 13.1. The summed E-state index contributed by atoms with van der Waals surface area (Å²) in [6, 6.07) is 0. The van der Waals surface area contributed by atoms with Crippen molar-refractivity contribution in [3.63, 3.8) is 0 Å². The molecule has 1 aliphatic heterocycles. The van der Waals surface area contributed by atoms with Crippen molar-refractivity contribution in [3.8, 4) is 0 Å². The number of rotatable bonds is 3. The molecule has 0 saturated heterocycles. The Morgan fingerprint density at radius 1 is 1.35 bits per heavy atom. The van der Waals surface area contributed by atoms with Gasteiger partial charge in [0.2, 0.25) is 0 Å². The predicted octanol–water partition coefficient (Wildman–Crippen LogP) is 2.92. The van der Waals surface area contributed by atoms with E-state index in [0.717, 1.165) is 31.9 Å². The molecule has 0 saturated carbocycles. The minimum atomic E-state index is 0.521. The molecule has 3 rings (SSSR count). The standard InChI is InChI=1S/C15H20N4S/c1-10(2)15-18-13(9-20-15)8-19-5-4-14-12(7-19)6-16-11(3)17-14/h6,9-10H,4-5,7-8H2,1-3H3. The molecule has 3 heterocycles. The first-order chi connectivity index (χ1) is 9.61. The number of aryl methyl sites for hydroxylation is 1. The second kappa shape index (κ2) is 5.58. The highest BCUT2D eigenvalue weighted by molar-refractivity contribution is 7.09. The van der Waals surface area contributed by atoms with E-state index in [1.165, 1.54) is 22.0 Å². The Labute approximate surface area is 123 Å². The van der Waals surface area contributed by atoms with Gasteiger partial charge in [-0.05, 0) is 6.92 Å². The zero-order chi connectivity index (χ0) is 14.1. The number of thiazole rings is 1. The highest BCUT2D eigenvalue weighted by atomic mass is 32.1. The van der Waals surface area contributed by atoms with Crippen LogP contribution >= 0.6 is 11.3 Å². The fourth-order valence-corrected chi connectivity index (χ4v) is 3.32. The molecule has 0 N–H and O–H groups in total. The zero-order valence-electron chi connectivity index (χ0n) is 12.3. The third-order valence-electron chi connectivity index (χ3n) is 3.58. The van der Waals surface area contributed by atoms with Crippen LogP contribution in [0.15, 0.2) is 11.6 Å². The first-order valence-corrected chi connectivity index (χ1v) is 7.98. The van der Waals surface area contributed by atoms with Gasteiger partial charge < -0.3 is 0 Å². The molecule has 2 aromatic rings. The number of hydrogen-bond acceptors (Lipinski definition) is 5. The van der Waals surface area contributed by atoms with Crippen LogP contribution in [0.2, 0.25) is 0 Å². The van der Waals surface area contributed by atoms with Gasteiger partial charge in [0.25, 0.3) is 0 Å². The molecule has 106 valence electrons. The number of aromatic nitrogens is 3. The summed E-state index contributed by atoms with van der Waals surface area (Å²) in [5.41, 5.74) is 3.67. The van der Waals surface area contributed by atoms with Gasteiger partial charge in [-0.15, -0.1) is 11.3 Å². The van der Waals surface area contributed by atoms with Crippen molar-refractivity contribution in [1.29, 1.82) is 0 Å². The lowest BCUT2D eigenvalue weighted by atomic mass is 10.1. The number of fused-ring (bicyclic) bond motifs is 1. The van der Waals surface area contributed by atoms with Crippen molar-refractivity contribution in [3.05, 3.63) is 39.4 Å². The SMILES string of the molecule is Cc1ncc2c(n1)CCN(Cc1csc(C(C)C)n1)C2. The molecular formula is C15H20N4S. The Hall–Kier alpha value is -1.33. The Kier molecular flexibility index (Phi) is 3.81. The van der Waals surface area contributed by atoms with E-state index < -0.39 is 0 Å². The first kappa shape index (κ1) is 13.6. The van der Waals surface area contributed by atoms with Crippen LogP contribution in [-0.2, 0) is 19.5 Å². The van der Waals surface area contributed by atoms with Crippen molar-refractivity contribution < 1.29 is 0 Å². The fraction of sp³-hybridized carbons (Fsp3) is 0.533. The predicted molar refractivity (Wildman–Crippen MR) is 80.8 cm³/mol. The average molecular weight is 288 g/mol. The Balaban J connectivity index is 1.69. The van der Waals surface area contributed by atoms with Crippen LogP contribution in [0.4, 0.5) is 0 Å². The van der Waals surface area contributed by atoms with Gasteiger partial charge >= 0.3 is 0 Å². The summed E-state index contributed by atoms with van der Waals surface area (Å²) in [4.78, 5) is 16.0. The fourth-order valence-electron chi connectivity index (χ4n) is 2.50. The van der Waals surface area contributed by atoms with E-state index in [0.29, 0.717) is 5.92 Å². The van der Waals surface area contributed by atoms with Gasteiger partial charge in [-0.2, -0.15) is 0 Å². The maximum absolute atomic E-state index is 4.72.